The fourth-order valence-corrected chi connectivity index (χ4v) is 2.58. The summed E-state index contributed by atoms with van der Waals surface area (Å²) in [4.78, 5) is 5.27. The Morgan fingerprint density at radius 1 is 1.47 bits per heavy atom. The number of aromatic nitrogens is 2. The summed E-state index contributed by atoms with van der Waals surface area (Å²) >= 11 is 1.59. The van der Waals surface area contributed by atoms with Gasteiger partial charge in [-0.25, -0.2) is 0 Å². The smallest absolute Gasteiger partial charge is 0.268 e. The van der Waals surface area contributed by atoms with Crippen LogP contribution in [0.25, 0.3) is 10.8 Å². The zero-order chi connectivity index (χ0) is 12.3. The van der Waals surface area contributed by atoms with Crippen LogP contribution in [0.15, 0.2) is 16.0 Å². The molecule has 0 radical (unpaired) electrons. The van der Waals surface area contributed by atoms with Gasteiger partial charge in [0.15, 0.2) is 0 Å². The molecule has 1 unspecified atom stereocenters. The minimum atomic E-state index is -0.623. The van der Waals surface area contributed by atoms with Crippen LogP contribution >= 0.6 is 11.3 Å². The lowest BCUT2D eigenvalue weighted by molar-refractivity contribution is 0.153. The average Bonchev–Trinajstić information content (AvgIpc) is 2.97. The van der Waals surface area contributed by atoms with Gasteiger partial charge in [0.2, 0.25) is 5.82 Å². The molecule has 0 spiro atoms. The summed E-state index contributed by atoms with van der Waals surface area (Å²) < 4.78 is 5.21. The molecule has 0 amide bonds. The van der Waals surface area contributed by atoms with Gasteiger partial charge in [-0.05, 0) is 29.9 Å². The molecule has 0 aliphatic carbocycles. The lowest BCUT2D eigenvalue weighted by Gasteiger charge is -2.01. The quantitative estimate of drug-likeness (QED) is 0.887. The molecule has 2 aromatic heterocycles. The number of hydrogen-bond acceptors (Lipinski definition) is 5. The van der Waals surface area contributed by atoms with Gasteiger partial charge in [-0.2, -0.15) is 4.98 Å². The standard InChI is InChI=1S/C12H16N2O2S/c1-3-5-9(15)11-13-12(16-14-11)10-8(4-2)6-7-17-10/h6-7,9,15H,3-5H2,1-2H3. The topological polar surface area (TPSA) is 59.2 Å². The van der Waals surface area contributed by atoms with Crippen molar-refractivity contribution in [1.82, 2.24) is 10.1 Å². The first-order valence-corrected chi connectivity index (χ1v) is 6.72. The van der Waals surface area contributed by atoms with E-state index in [0.29, 0.717) is 18.1 Å². The van der Waals surface area contributed by atoms with E-state index in [1.54, 1.807) is 11.3 Å². The summed E-state index contributed by atoms with van der Waals surface area (Å²) in [7, 11) is 0. The van der Waals surface area contributed by atoms with Crippen LogP contribution in [0.4, 0.5) is 0 Å². The van der Waals surface area contributed by atoms with Crippen LogP contribution in [0, 0.1) is 0 Å². The highest BCUT2D eigenvalue weighted by molar-refractivity contribution is 7.13. The van der Waals surface area contributed by atoms with Crippen LogP contribution in [-0.2, 0) is 6.42 Å². The molecular formula is C12H16N2O2S. The van der Waals surface area contributed by atoms with Gasteiger partial charge in [0.25, 0.3) is 5.89 Å². The number of aliphatic hydroxyl groups excluding tert-OH is 1. The average molecular weight is 252 g/mol. The van der Waals surface area contributed by atoms with Crippen LogP contribution in [0.2, 0.25) is 0 Å². The first-order chi connectivity index (χ1) is 8.26. The van der Waals surface area contributed by atoms with Crippen molar-refractivity contribution in [3.8, 4) is 10.8 Å². The lowest BCUT2D eigenvalue weighted by Crippen LogP contribution is -1.98. The Balaban J connectivity index is 2.23. The van der Waals surface area contributed by atoms with Crippen molar-refractivity contribution < 1.29 is 9.63 Å². The highest BCUT2D eigenvalue weighted by atomic mass is 32.1. The molecule has 17 heavy (non-hydrogen) atoms. The van der Waals surface area contributed by atoms with Crippen LogP contribution in [-0.4, -0.2) is 15.2 Å². The van der Waals surface area contributed by atoms with Crippen LogP contribution in [0.5, 0.6) is 0 Å². The predicted octanol–water partition coefficient (Wildman–Crippen LogP) is 3.19. The molecule has 0 aromatic carbocycles. The number of hydrogen-bond donors (Lipinski definition) is 1. The molecule has 1 atom stereocenters. The molecule has 0 aliphatic heterocycles. The molecule has 92 valence electrons. The molecular weight excluding hydrogens is 236 g/mol. The highest BCUT2D eigenvalue weighted by Gasteiger charge is 2.17. The SMILES string of the molecule is CCCC(O)c1noc(-c2sccc2CC)n1. The Morgan fingerprint density at radius 2 is 2.29 bits per heavy atom. The lowest BCUT2D eigenvalue weighted by atomic mass is 10.2. The maximum atomic E-state index is 9.78. The summed E-state index contributed by atoms with van der Waals surface area (Å²) in [5.74, 6) is 0.902. The van der Waals surface area contributed by atoms with E-state index in [4.69, 9.17) is 4.52 Å². The molecule has 0 saturated carbocycles. The van der Waals surface area contributed by atoms with Gasteiger partial charge >= 0.3 is 0 Å². The molecule has 0 fully saturated rings. The molecule has 1 N–H and O–H groups in total. The zero-order valence-corrected chi connectivity index (χ0v) is 10.8. The number of nitrogens with zero attached hydrogens (tertiary/aromatic N) is 2. The highest BCUT2D eigenvalue weighted by Crippen LogP contribution is 2.29. The van der Waals surface area contributed by atoms with Crippen molar-refractivity contribution in [3.63, 3.8) is 0 Å². The van der Waals surface area contributed by atoms with Gasteiger partial charge in [-0.1, -0.05) is 25.4 Å². The van der Waals surface area contributed by atoms with E-state index in [1.807, 2.05) is 12.3 Å². The summed E-state index contributed by atoms with van der Waals surface area (Å²) in [6.07, 6.45) is 1.87. The first-order valence-electron chi connectivity index (χ1n) is 5.84. The zero-order valence-electron chi connectivity index (χ0n) is 10.0. The number of aliphatic hydroxyl groups is 1. The second kappa shape index (κ2) is 5.42. The maximum Gasteiger partial charge on any atom is 0.268 e. The minimum Gasteiger partial charge on any atom is -0.385 e. The Kier molecular flexibility index (Phi) is 3.91. The van der Waals surface area contributed by atoms with Crippen LogP contribution < -0.4 is 0 Å². The van der Waals surface area contributed by atoms with Crippen molar-refractivity contribution in [1.29, 1.82) is 0 Å². The molecule has 2 heterocycles. The third-order valence-electron chi connectivity index (χ3n) is 2.62. The predicted molar refractivity (Wildman–Crippen MR) is 66.9 cm³/mol. The molecule has 5 heteroatoms. The van der Waals surface area contributed by atoms with E-state index >= 15 is 0 Å². The molecule has 0 saturated heterocycles. The number of rotatable bonds is 5. The van der Waals surface area contributed by atoms with Gasteiger partial charge in [-0.15, -0.1) is 11.3 Å². The third kappa shape index (κ3) is 2.56. The Labute approximate surface area is 104 Å². The molecule has 0 bridgehead atoms. The molecule has 2 rings (SSSR count). The normalized spacial score (nSPS) is 12.9. The Hall–Kier alpha value is -1.20. The Bertz CT molecular complexity index is 478. The maximum absolute atomic E-state index is 9.78. The van der Waals surface area contributed by atoms with E-state index in [-0.39, 0.29) is 0 Å². The van der Waals surface area contributed by atoms with Gasteiger partial charge in [-0.3, -0.25) is 0 Å². The summed E-state index contributed by atoms with van der Waals surface area (Å²) in [6.45, 7) is 4.10. The van der Waals surface area contributed by atoms with E-state index in [9.17, 15) is 5.11 Å². The van der Waals surface area contributed by atoms with Crippen molar-refractivity contribution in [2.75, 3.05) is 0 Å². The van der Waals surface area contributed by atoms with Crippen LogP contribution in [0.1, 0.15) is 44.2 Å². The number of thiophene rings is 1. The fourth-order valence-electron chi connectivity index (χ4n) is 1.67. The molecule has 2 aromatic rings. The first kappa shape index (κ1) is 12.3. The van der Waals surface area contributed by atoms with Crippen molar-refractivity contribution in [2.45, 2.75) is 39.2 Å². The van der Waals surface area contributed by atoms with Gasteiger partial charge in [0, 0.05) is 0 Å². The van der Waals surface area contributed by atoms with Crippen molar-refractivity contribution in [2.24, 2.45) is 0 Å². The fraction of sp³-hybridized carbons (Fsp3) is 0.500. The second-order valence-corrected chi connectivity index (χ2v) is 4.81. The summed E-state index contributed by atoms with van der Waals surface area (Å²) in [5.41, 5.74) is 1.20. The third-order valence-corrected chi connectivity index (χ3v) is 3.57. The largest absolute Gasteiger partial charge is 0.385 e. The van der Waals surface area contributed by atoms with E-state index in [1.165, 1.54) is 5.56 Å². The monoisotopic (exact) mass is 252 g/mol. The van der Waals surface area contributed by atoms with Crippen molar-refractivity contribution in [3.05, 3.63) is 22.8 Å². The summed E-state index contributed by atoms with van der Waals surface area (Å²) in [6, 6.07) is 2.06. The number of aryl methyl sites for hydroxylation is 1. The van der Waals surface area contributed by atoms with E-state index < -0.39 is 6.10 Å². The molecule has 4 nitrogen and oxygen atoms in total. The van der Waals surface area contributed by atoms with Gasteiger partial charge in [0.1, 0.15) is 6.10 Å². The van der Waals surface area contributed by atoms with E-state index in [2.05, 4.69) is 23.1 Å². The second-order valence-electron chi connectivity index (χ2n) is 3.89. The van der Waals surface area contributed by atoms with E-state index in [0.717, 1.165) is 17.7 Å². The molecule has 0 aliphatic rings. The van der Waals surface area contributed by atoms with Gasteiger partial charge in [0.05, 0.1) is 4.88 Å². The summed E-state index contributed by atoms with van der Waals surface area (Å²) in [5, 5.41) is 15.6. The Morgan fingerprint density at radius 3 is 3.00 bits per heavy atom. The van der Waals surface area contributed by atoms with Gasteiger partial charge < -0.3 is 9.63 Å². The van der Waals surface area contributed by atoms with Crippen molar-refractivity contribution >= 4 is 11.3 Å². The van der Waals surface area contributed by atoms with Crippen LogP contribution in [0.3, 0.4) is 0 Å². The minimum absolute atomic E-state index is 0.386.